The predicted octanol–water partition coefficient (Wildman–Crippen LogP) is 3.20. The molecule has 0 aliphatic carbocycles. The van der Waals surface area contributed by atoms with Crippen LogP contribution >= 0.6 is 0 Å². The van der Waals surface area contributed by atoms with Gasteiger partial charge in [-0.1, -0.05) is 31.2 Å². The molecular weight excluding hydrogens is 176 g/mol. The summed E-state index contributed by atoms with van der Waals surface area (Å²) in [6.45, 7) is 3.97. The zero-order valence-electron chi connectivity index (χ0n) is 8.45. The van der Waals surface area contributed by atoms with Crippen molar-refractivity contribution in [1.82, 2.24) is 0 Å². The molecule has 1 rings (SSSR count). The molecule has 14 heavy (non-hydrogen) atoms. The Balaban J connectivity index is 3.20. The van der Waals surface area contributed by atoms with Gasteiger partial charge in [0.05, 0.1) is 5.56 Å². The Morgan fingerprint density at radius 2 is 1.93 bits per heavy atom. The second-order valence-electron chi connectivity index (χ2n) is 3.15. The van der Waals surface area contributed by atoms with Crippen LogP contribution in [0.4, 0.5) is 0 Å². The highest BCUT2D eigenvalue weighted by atomic mass is 16.4. The van der Waals surface area contributed by atoms with Gasteiger partial charge in [-0.25, -0.2) is 4.79 Å². The molecule has 1 N–H and O–H groups in total. The molecule has 0 atom stereocenters. The van der Waals surface area contributed by atoms with Gasteiger partial charge in [0.25, 0.3) is 0 Å². The maximum absolute atomic E-state index is 10.9. The molecule has 1 aromatic rings. The first kappa shape index (κ1) is 10.5. The Labute approximate surface area is 83.9 Å². The molecule has 0 spiro atoms. The van der Waals surface area contributed by atoms with Gasteiger partial charge in [0.15, 0.2) is 0 Å². The maximum atomic E-state index is 10.9. The summed E-state index contributed by atoms with van der Waals surface area (Å²) in [6.07, 6.45) is 2.95. The third-order valence-electron chi connectivity index (χ3n) is 2.09. The normalized spacial score (nSPS) is 11.4. The summed E-state index contributed by atoms with van der Waals surface area (Å²) in [5.74, 6) is -0.871. The molecule has 0 saturated heterocycles. The molecular formula is C12H14O2. The standard InChI is InChI=1S/C12H14O2/c1-3-6-9(2)10-7-4-5-8-11(10)12(13)14/h4-8H,3H2,1-2H3,(H,13,14)/b9-6-. The van der Waals surface area contributed by atoms with E-state index in [1.165, 1.54) is 0 Å². The van der Waals surface area contributed by atoms with Gasteiger partial charge in [-0.05, 0) is 30.5 Å². The number of hydrogen-bond acceptors (Lipinski definition) is 1. The molecule has 0 amide bonds. The van der Waals surface area contributed by atoms with Crippen molar-refractivity contribution in [3.63, 3.8) is 0 Å². The van der Waals surface area contributed by atoms with Gasteiger partial charge in [0, 0.05) is 0 Å². The topological polar surface area (TPSA) is 37.3 Å². The molecule has 0 saturated carbocycles. The number of hydrogen-bond donors (Lipinski definition) is 1. The number of aromatic carboxylic acids is 1. The van der Waals surface area contributed by atoms with Crippen molar-refractivity contribution in [2.24, 2.45) is 0 Å². The molecule has 0 bridgehead atoms. The average Bonchev–Trinajstić information content (AvgIpc) is 2.18. The van der Waals surface area contributed by atoms with Crippen LogP contribution in [0.5, 0.6) is 0 Å². The fourth-order valence-corrected chi connectivity index (χ4v) is 1.43. The van der Waals surface area contributed by atoms with Crippen LogP contribution in [0.15, 0.2) is 30.3 Å². The van der Waals surface area contributed by atoms with Crippen LogP contribution in [0.1, 0.15) is 36.2 Å². The molecule has 0 aliphatic heterocycles. The van der Waals surface area contributed by atoms with Crippen molar-refractivity contribution < 1.29 is 9.90 Å². The van der Waals surface area contributed by atoms with E-state index in [-0.39, 0.29) is 0 Å². The second-order valence-corrected chi connectivity index (χ2v) is 3.15. The van der Waals surface area contributed by atoms with Crippen molar-refractivity contribution >= 4 is 11.5 Å². The maximum Gasteiger partial charge on any atom is 0.336 e. The lowest BCUT2D eigenvalue weighted by atomic mass is 10.0. The Morgan fingerprint density at radius 1 is 1.36 bits per heavy atom. The number of carboxylic acids is 1. The van der Waals surface area contributed by atoms with Crippen LogP contribution in [0, 0.1) is 0 Å². The zero-order chi connectivity index (χ0) is 10.6. The first-order chi connectivity index (χ1) is 6.66. The van der Waals surface area contributed by atoms with E-state index in [0.29, 0.717) is 5.56 Å². The lowest BCUT2D eigenvalue weighted by Gasteiger charge is -2.05. The largest absolute Gasteiger partial charge is 0.478 e. The van der Waals surface area contributed by atoms with E-state index in [1.807, 2.05) is 32.1 Å². The van der Waals surface area contributed by atoms with Gasteiger partial charge in [0.1, 0.15) is 0 Å². The van der Waals surface area contributed by atoms with E-state index in [2.05, 4.69) is 0 Å². The van der Waals surface area contributed by atoms with Crippen molar-refractivity contribution in [2.45, 2.75) is 20.3 Å². The quantitative estimate of drug-likeness (QED) is 0.794. The van der Waals surface area contributed by atoms with Gasteiger partial charge in [-0.15, -0.1) is 0 Å². The highest BCUT2D eigenvalue weighted by Gasteiger charge is 2.09. The Kier molecular flexibility index (Phi) is 3.46. The second kappa shape index (κ2) is 4.61. The molecule has 2 heteroatoms. The number of carbonyl (C=O) groups is 1. The Morgan fingerprint density at radius 3 is 2.43 bits per heavy atom. The minimum atomic E-state index is -0.871. The van der Waals surface area contributed by atoms with Gasteiger partial charge in [0.2, 0.25) is 0 Å². The summed E-state index contributed by atoms with van der Waals surface area (Å²) in [7, 11) is 0. The average molecular weight is 190 g/mol. The number of carboxylic acid groups (broad SMARTS) is 1. The minimum Gasteiger partial charge on any atom is -0.478 e. The highest BCUT2D eigenvalue weighted by molar-refractivity contribution is 5.93. The fourth-order valence-electron chi connectivity index (χ4n) is 1.43. The zero-order valence-corrected chi connectivity index (χ0v) is 8.45. The van der Waals surface area contributed by atoms with Crippen LogP contribution in [0.2, 0.25) is 0 Å². The summed E-state index contributed by atoms with van der Waals surface area (Å²) in [4.78, 5) is 10.9. The Hall–Kier alpha value is -1.57. The summed E-state index contributed by atoms with van der Waals surface area (Å²) < 4.78 is 0. The Bertz CT molecular complexity index is 364. The van der Waals surface area contributed by atoms with Crippen molar-refractivity contribution in [3.05, 3.63) is 41.5 Å². The monoisotopic (exact) mass is 190 g/mol. The summed E-state index contributed by atoms with van der Waals surface area (Å²) in [5.41, 5.74) is 2.20. The van der Waals surface area contributed by atoms with E-state index in [0.717, 1.165) is 17.6 Å². The van der Waals surface area contributed by atoms with Gasteiger partial charge >= 0.3 is 5.97 Å². The molecule has 0 radical (unpaired) electrons. The molecule has 2 nitrogen and oxygen atoms in total. The fraction of sp³-hybridized carbons (Fsp3) is 0.250. The lowest BCUT2D eigenvalue weighted by molar-refractivity contribution is 0.0696. The van der Waals surface area contributed by atoms with Gasteiger partial charge < -0.3 is 5.11 Å². The van der Waals surface area contributed by atoms with Crippen LogP contribution in [-0.2, 0) is 0 Å². The minimum absolute atomic E-state index is 0.370. The van der Waals surface area contributed by atoms with Gasteiger partial charge in [-0.3, -0.25) is 0 Å². The van der Waals surface area contributed by atoms with Crippen molar-refractivity contribution in [2.75, 3.05) is 0 Å². The first-order valence-corrected chi connectivity index (χ1v) is 4.66. The molecule has 0 aromatic heterocycles. The third kappa shape index (κ3) is 2.22. The van der Waals surface area contributed by atoms with Crippen molar-refractivity contribution in [1.29, 1.82) is 0 Å². The molecule has 0 unspecified atom stereocenters. The highest BCUT2D eigenvalue weighted by Crippen LogP contribution is 2.19. The first-order valence-electron chi connectivity index (χ1n) is 4.66. The molecule has 0 fully saturated rings. The molecule has 0 aliphatic rings. The van der Waals surface area contributed by atoms with E-state index in [1.54, 1.807) is 12.1 Å². The summed E-state index contributed by atoms with van der Waals surface area (Å²) in [5, 5.41) is 8.96. The van der Waals surface area contributed by atoms with E-state index < -0.39 is 5.97 Å². The predicted molar refractivity (Wildman–Crippen MR) is 57.3 cm³/mol. The summed E-state index contributed by atoms with van der Waals surface area (Å²) >= 11 is 0. The van der Waals surface area contributed by atoms with Crippen molar-refractivity contribution in [3.8, 4) is 0 Å². The van der Waals surface area contributed by atoms with E-state index in [4.69, 9.17) is 5.11 Å². The molecule has 74 valence electrons. The van der Waals surface area contributed by atoms with Crippen LogP contribution in [0.3, 0.4) is 0 Å². The van der Waals surface area contributed by atoms with Crippen LogP contribution in [0.25, 0.3) is 5.57 Å². The van der Waals surface area contributed by atoms with Crippen LogP contribution < -0.4 is 0 Å². The lowest BCUT2D eigenvalue weighted by Crippen LogP contribution is -2.00. The number of benzene rings is 1. The third-order valence-corrected chi connectivity index (χ3v) is 2.09. The van der Waals surface area contributed by atoms with E-state index in [9.17, 15) is 4.79 Å². The van der Waals surface area contributed by atoms with Gasteiger partial charge in [-0.2, -0.15) is 0 Å². The molecule has 0 heterocycles. The number of allylic oxidation sites excluding steroid dienone is 2. The van der Waals surface area contributed by atoms with E-state index >= 15 is 0 Å². The van der Waals surface area contributed by atoms with Crippen LogP contribution in [-0.4, -0.2) is 11.1 Å². The molecule has 1 aromatic carbocycles. The summed E-state index contributed by atoms with van der Waals surface area (Å²) in [6, 6.07) is 7.07. The SMILES string of the molecule is CC/C=C(/C)c1ccccc1C(=O)O. The smallest absolute Gasteiger partial charge is 0.336 e. The number of rotatable bonds is 3.